The molecule has 3 aromatic carbocycles. The van der Waals surface area contributed by atoms with Gasteiger partial charge in [-0.1, -0.05) is 35.3 Å². The van der Waals surface area contributed by atoms with Crippen molar-refractivity contribution < 1.29 is 46.9 Å². The molecule has 0 radical (unpaired) electrons. The van der Waals surface area contributed by atoms with Gasteiger partial charge in [-0.25, -0.2) is 14.4 Å². The maximum atomic E-state index is 13.4. The molecule has 0 unspecified atom stereocenters. The van der Waals surface area contributed by atoms with Gasteiger partial charge in [-0.3, -0.25) is 4.79 Å². The number of para-hydroxylation sites is 1. The van der Waals surface area contributed by atoms with Crippen molar-refractivity contribution >= 4 is 52.7 Å². The molecule has 0 bridgehead atoms. The Labute approximate surface area is 222 Å². The number of carbonyl (C=O) groups is 4. The Balaban J connectivity index is 1.97. The van der Waals surface area contributed by atoms with E-state index in [0.717, 1.165) is 12.1 Å². The number of hydrogen-bond donors (Lipinski definition) is 2. The molecule has 3 rings (SSSR count). The van der Waals surface area contributed by atoms with Gasteiger partial charge in [0.05, 0.1) is 22.4 Å². The second-order valence-corrected chi connectivity index (χ2v) is 8.41. The molecule has 2 N–H and O–H groups in total. The number of esters is 2. The predicted molar refractivity (Wildman–Crippen MR) is 129 cm³/mol. The van der Waals surface area contributed by atoms with Crippen LogP contribution in [0, 0.1) is 0 Å². The Morgan fingerprint density at radius 2 is 1.18 bits per heavy atom. The lowest BCUT2D eigenvalue weighted by Gasteiger charge is -2.24. The molecule has 0 aromatic heterocycles. The summed E-state index contributed by atoms with van der Waals surface area (Å²) in [4.78, 5) is 50.4. The highest BCUT2D eigenvalue weighted by atomic mass is 35.5. The Bertz CT molecular complexity index is 1350. The maximum absolute atomic E-state index is 13.4. The number of carboxylic acid groups (broad SMARTS) is 1. The number of alkyl halides is 3. The normalized spacial score (nSPS) is 12.7. The first kappa shape index (κ1) is 28.5. The highest BCUT2D eigenvalue weighted by Crippen LogP contribution is 2.34. The SMILES string of the molecule is O=C(O[C@@H](C(=O)O)[C@@H](OC(=O)c1ccc(Cl)cc1)C(=O)Nc1ccccc1C(F)(F)F)c1ccc(Cl)cc1. The van der Waals surface area contributed by atoms with Crippen LogP contribution in [-0.4, -0.2) is 41.1 Å². The molecule has 0 heterocycles. The zero-order chi connectivity index (χ0) is 28.0. The molecule has 0 saturated carbocycles. The lowest BCUT2D eigenvalue weighted by atomic mass is 10.1. The summed E-state index contributed by atoms with van der Waals surface area (Å²) in [5, 5.41) is 12.2. The van der Waals surface area contributed by atoms with E-state index in [-0.39, 0.29) is 21.2 Å². The average Bonchev–Trinajstić information content (AvgIpc) is 2.86. The molecule has 0 aliphatic heterocycles. The lowest BCUT2D eigenvalue weighted by Crippen LogP contribution is -2.48. The molecule has 2 atom stereocenters. The number of carboxylic acids is 1. The van der Waals surface area contributed by atoms with E-state index in [4.69, 9.17) is 32.7 Å². The van der Waals surface area contributed by atoms with Crippen LogP contribution < -0.4 is 5.32 Å². The first-order valence-corrected chi connectivity index (χ1v) is 11.3. The van der Waals surface area contributed by atoms with E-state index in [1.165, 1.54) is 54.6 Å². The smallest absolute Gasteiger partial charge is 0.418 e. The molecule has 8 nitrogen and oxygen atoms in total. The third-order valence-corrected chi connectivity index (χ3v) is 5.40. The maximum Gasteiger partial charge on any atom is 0.418 e. The molecule has 0 aliphatic carbocycles. The van der Waals surface area contributed by atoms with Crippen molar-refractivity contribution in [3.63, 3.8) is 0 Å². The van der Waals surface area contributed by atoms with Crippen LogP contribution in [0.4, 0.5) is 18.9 Å². The summed E-state index contributed by atoms with van der Waals surface area (Å²) in [5.41, 5.74) is -2.32. The number of hydrogen-bond acceptors (Lipinski definition) is 6. The van der Waals surface area contributed by atoms with Crippen molar-refractivity contribution in [1.29, 1.82) is 0 Å². The zero-order valence-corrected chi connectivity index (χ0v) is 20.4. The van der Waals surface area contributed by atoms with Gasteiger partial charge in [0.25, 0.3) is 5.91 Å². The van der Waals surface area contributed by atoms with E-state index >= 15 is 0 Å². The van der Waals surface area contributed by atoms with Crippen molar-refractivity contribution in [2.24, 2.45) is 0 Å². The number of amides is 1. The fourth-order valence-electron chi connectivity index (χ4n) is 3.08. The molecular weight excluding hydrogens is 554 g/mol. The molecule has 13 heteroatoms. The van der Waals surface area contributed by atoms with Crippen LogP contribution in [0.3, 0.4) is 0 Å². The second-order valence-electron chi connectivity index (χ2n) is 7.54. The number of nitrogens with one attached hydrogen (secondary N) is 1. The van der Waals surface area contributed by atoms with Crippen LogP contribution in [0.25, 0.3) is 0 Å². The third kappa shape index (κ3) is 7.24. The molecule has 0 fully saturated rings. The van der Waals surface area contributed by atoms with Gasteiger partial charge in [-0.05, 0) is 60.7 Å². The van der Waals surface area contributed by atoms with E-state index in [9.17, 15) is 37.5 Å². The summed E-state index contributed by atoms with van der Waals surface area (Å²) in [6, 6.07) is 13.9. The van der Waals surface area contributed by atoms with Crippen molar-refractivity contribution in [3.05, 3.63) is 99.5 Å². The molecule has 1 amide bonds. The molecule has 0 spiro atoms. The van der Waals surface area contributed by atoms with E-state index in [1.807, 2.05) is 5.32 Å². The van der Waals surface area contributed by atoms with Gasteiger partial charge in [0, 0.05) is 10.0 Å². The Hall–Kier alpha value is -4.09. The van der Waals surface area contributed by atoms with Crippen LogP contribution in [-0.2, 0) is 25.2 Å². The Morgan fingerprint density at radius 3 is 1.63 bits per heavy atom. The third-order valence-electron chi connectivity index (χ3n) is 4.89. The van der Waals surface area contributed by atoms with Gasteiger partial charge < -0.3 is 19.9 Å². The predicted octanol–water partition coefficient (Wildman–Crippen LogP) is 5.49. The average molecular weight is 570 g/mol. The number of carbonyl (C=O) groups excluding carboxylic acids is 3. The van der Waals surface area contributed by atoms with Crippen LogP contribution in [0.1, 0.15) is 26.3 Å². The van der Waals surface area contributed by atoms with Gasteiger partial charge in [0.2, 0.25) is 12.2 Å². The number of benzene rings is 3. The molecule has 198 valence electrons. The number of aliphatic carboxylic acids is 1. The number of ether oxygens (including phenoxy) is 2. The van der Waals surface area contributed by atoms with Gasteiger partial charge in [-0.2, -0.15) is 13.2 Å². The number of rotatable bonds is 8. The van der Waals surface area contributed by atoms with Crippen LogP contribution in [0.2, 0.25) is 10.0 Å². The van der Waals surface area contributed by atoms with Crippen molar-refractivity contribution in [3.8, 4) is 0 Å². The Morgan fingerprint density at radius 1 is 0.737 bits per heavy atom. The zero-order valence-electron chi connectivity index (χ0n) is 18.9. The molecule has 38 heavy (non-hydrogen) atoms. The highest BCUT2D eigenvalue weighted by Gasteiger charge is 2.42. The van der Waals surface area contributed by atoms with Crippen LogP contribution >= 0.6 is 23.2 Å². The van der Waals surface area contributed by atoms with Crippen molar-refractivity contribution in [2.45, 2.75) is 18.4 Å². The van der Waals surface area contributed by atoms with E-state index in [2.05, 4.69) is 0 Å². The lowest BCUT2D eigenvalue weighted by molar-refractivity contribution is -0.157. The fourth-order valence-corrected chi connectivity index (χ4v) is 3.33. The van der Waals surface area contributed by atoms with E-state index < -0.39 is 53.5 Å². The van der Waals surface area contributed by atoms with Gasteiger partial charge >= 0.3 is 24.1 Å². The largest absolute Gasteiger partial charge is 0.478 e. The second kappa shape index (κ2) is 12.0. The van der Waals surface area contributed by atoms with E-state index in [0.29, 0.717) is 6.07 Å². The van der Waals surface area contributed by atoms with Crippen LogP contribution in [0.15, 0.2) is 72.8 Å². The number of anilines is 1. The summed E-state index contributed by atoms with van der Waals surface area (Å²) >= 11 is 11.5. The topological polar surface area (TPSA) is 119 Å². The summed E-state index contributed by atoms with van der Waals surface area (Å²) in [6.45, 7) is 0. The monoisotopic (exact) mass is 569 g/mol. The van der Waals surface area contributed by atoms with Crippen LogP contribution in [0.5, 0.6) is 0 Å². The Kier molecular flexibility index (Phi) is 8.97. The molecular formula is C25H16Cl2F3NO7. The van der Waals surface area contributed by atoms with E-state index in [1.54, 1.807) is 0 Å². The van der Waals surface area contributed by atoms with Crippen molar-refractivity contribution in [2.75, 3.05) is 5.32 Å². The minimum absolute atomic E-state index is 0.161. The quantitative estimate of drug-likeness (QED) is 0.344. The van der Waals surface area contributed by atoms with Gasteiger partial charge in [-0.15, -0.1) is 0 Å². The first-order chi connectivity index (χ1) is 17.9. The minimum Gasteiger partial charge on any atom is -0.478 e. The summed E-state index contributed by atoms with van der Waals surface area (Å²) in [5.74, 6) is -5.88. The summed E-state index contributed by atoms with van der Waals surface area (Å²) < 4.78 is 50.3. The molecule has 0 aliphatic rings. The highest BCUT2D eigenvalue weighted by molar-refractivity contribution is 6.31. The number of halogens is 5. The molecule has 0 saturated heterocycles. The summed E-state index contributed by atoms with van der Waals surface area (Å²) in [7, 11) is 0. The van der Waals surface area contributed by atoms with Gasteiger partial charge in [0.15, 0.2) is 0 Å². The standard InChI is InChI=1S/C25H16Cl2F3NO7/c26-15-9-5-13(6-10-15)23(35)37-19(21(32)31-18-4-2-1-3-17(18)25(28,29)30)20(22(33)34)38-24(36)14-7-11-16(27)12-8-14/h1-12,19-20H,(H,31,32)(H,33,34)/t19-,20-/m1/s1. The van der Waals surface area contributed by atoms with Crippen molar-refractivity contribution in [1.82, 2.24) is 0 Å². The summed E-state index contributed by atoms with van der Waals surface area (Å²) in [6.07, 6.45) is -9.74. The minimum atomic E-state index is -4.88. The molecule has 3 aromatic rings. The fraction of sp³-hybridized carbons (Fsp3) is 0.120. The van der Waals surface area contributed by atoms with Gasteiger partial charge in [0.1, 0.15) is 0 Å². The first-order valence-electron chi connectivity index (χ1n) is 10.5.